The lowest BCUT2D eigenvalue weighted by Gasteiger charge is -2.22. The van der Waals surface area contributed by atoms with Gasteiger partial charge in [-0.3, -0.25) is 14.5 Å². The van der Waals surface area contributed by atoms with Crippen LogP contribution in [0.1, 0.15) is 26.3 Å². The zero-order valence-electron chi connectivity index (χ0n) is 20.0. The van der Waals surface area contributed by atoms with Gasteiger partial charge in [-0.1, -0.05) is 12.1 Å². The molecule has 0 unspecified atom stereocenters. The van der Waals surface area contributed by atoms with E-state index >= 15 is 0 Å². The van der Waals surface area contributed by atoms with Gasteiger partial charge in [-0.2, -0.15) is 13.1 Å². The number of urea groups is 1. The second-order valence-corrected chi connectivity index (χ2v) is 10.5. The van der Waals surface area contributed by atoms with Crippen molar-refractivity contribution in [2.45, 2.75) is 43.9 Å². The molecule has 1 heterocycles. The number of alkyl halides is 2. The Bertz CT molecular complexity index is 1250. The standard InChI is InChI=1S/C23H26F2N4O6S/c1-14(2)28(4)36(33,34)18-11-7-16(8-12-18)26-19(30)13-29-20(31)23(3,27-22(29)32)15-5-9-17(10-6-15)35-21(24)25/h5-12,14,21H,13H2,1-4H3,(H,26,30)(H,27,32)/t23-/m0/s1. The highest BCUT2D eigenvalue weighted by Gasteiger charge is 2.49. The van der Waals surface area contributed by atoms with Gasteiger partial charge in [0.2, 0.25) is 15.9 Å². The molecule has 2 N–H and O–H groups in total. The predicted molar refractivity (Wildman–Crippen MR) is 126 cm³/mol. The number of ether oxygens (including phenoxy) is 1. The maximum atomic E-state index is 13.0. The SMILES string of the molecule is CC(C)N(C)S(=O)(=O)c1ccc(NC(=O)CN2C(=O)N[C@@](C)(c3ccc(OC(F)F)cc3)C2=O)cc1. The highest BCUT2D eigenvalue weighted by molar-refractivity contribution is 7.89. The number of rotatable bonds is 9. The molecule has 2 aromatic carbocycles. The van der Waals surface area contributed by atoms with Gasteiger partial charge in [0, 0.05) is 18.8 Å². The van der Waals surface area contributed by atoms with Crippen LogP contribution < -0.4 is 15.4 Å². The number of imide groups is 1. The number of anilines is 1. The minimum Gasteiger partial charge on any atom is -0.435 e. The van der Waals surface area contributed by atoms with Crippen LogP contribution >= 0.6 is 0 Å². The molecule has 13 heteroatoms. The zero-order valence-corrected chi connectivity index (χ0v) is 20.8. The Hall–Kier alpha value is -3.58. The molecule has 3 rings (SSSR count). The first-order valence-corrected chi connectivity index (χ1v) is 12.3. The van der Waals surface area contributed by atoms with Gasteiger partial charge >= 0.3 is 12.6 Å². The molecule has 194 valence electrons. The quantitative estimate of drug-likeness (QED) is 0.486. The van der Waals surface area contributed by atoms with Crippen molar-refractivity contribution in [1.29, 1.82) is 0 Å². The molecule has 1 fully saturated rings. The summed E-state index contributed by atoms with van der Waals surface area (Å²) in [4.78, 5) is 38.8. The zero-order chi connectivity index (χ0) is 26.8. The van der Waals surface area contributed by atoms with Crippen LogP contribution in [-0.4, -0.2) is 61.7 Å². The molecule has 1 atom stereocenters. The molecule has 0 saturated carbocycles. The van der Waals surface area contributed by atoms with E-state index in [4.69, 9.17) is 0 Å². The maximum Gasteiger partial charge on any atom is 0.387 e. The third kappa shape index (κ3) is 5.46. The van der Waals surface area contributed by atoms with E-state index in [-0.39, 0.29) is 22.4 Å². The molecule has 0 spiro atoms. The van der Waals surface area contributed by atoms with Gasteiger partial charge in [-0.25, -0.2) is 13.2 Å². The largest absolute Gasteiger partial charge is 0.435 e. The summed E-state index contributed by atoms with van der Waals surface area (Å²) in [6.07, 6.45) is 0. The second kappa shape index (κ2) is 10.2. The van der Waals surface area contributed by atoms with E-state index in [1.165, 1.54) is 66.8 Å². The summed E-state index contributed by atoms with van der Waals surface area (Å²) in [6.45, 7) is 1.31. The summed E-state index contributed by atoms with van der Waals surface area (Å²) in [7, 11) is -2.23. The van der Waals surface area contributed by atoms with Gasteiger partial charge < -0.3 is 15.4 Å². The Morgan fingerprint density at radius 2 is 1.69 bits per heavy atom. The summed E-state index contributed by atoms with van der Waals surface area (Å²) in [5.41, 5.74) is -0.928. The smallest absolute Gasteiger partial charge is 0.387 e. The van der Waals surface area contributed by atoms with Crippen molar-refractivity contribution in [3.05, 3.63) is 54.1 Å². The van der Waals surface area contributed by atoms with Crippen LogP contribution in [0.25, 0.3) is 0 Å². The molecular formula is C23H26F2N4O6S. The summed E-state index contributed by atoms with van der Waals surface area (Å²) >= 11 is 0. The number of hydrogen-bond donors (Lipinski definition) is 2. The highest BCUT2D eigenvalue weighted by atomic mass is 32.2. The Morgan fingerprint density at radius 1 is 1.11 bits per heavy atom. The number of halogens is 2. The number of amides is 4. The number of carbonyl (C=O) groups excluding carboxylic acids is 3. The van der Waals surface area contributed by atoms with E-state index in [9.17, 15) is 31.6 Å². The molecule has 0 bridgehead atoms. The summed E-state index contributed by atoms with van der Waals surface area (Å²) < 4.78 is 55.4. The third-order valence-electron chi connectivity index (χ3n) is 5.78. The van der Waals surface area contributed by atoms with E-state index in [0.29, 0.717) is 5.56 Å². The number of nitrogens with zero attached hydrogens (tertiary/aromatic N) is 2. The topological polar surface area (TPSA) is 125 Å². The Balaban J connectivity index is 1.68. The van der Waals surface area contributed by atoms with Crippen molar-refractivity contribution < 1.29 is 36.3 Å². The van der Waals surface area contributed by atoms with Crippen molar-refractivity contribution in [1.82, 2.24) is 14.5 Å². The van der Waals surface area contributed by atoms with E-state index in [2.05, 4.69) is 15.4 Å². The molecular weight excluding hydrogens is 498 g/mol. The van der Waals surface area contributed by atoms with Crippen LogP contribution in [-0.2, 0) is 25.2 Å². The van der Waals surface area contributed by atoms with Crippen LogP contribution in [0.5, 0.6) is 5.75 Å². The van der Waals surface area contributed by atoms with Crippen molar-refractivity contribution in [3.8, 4) is 5.75 Å². The molecule has 0 aromatic heterocycles. The summed E-state index contributed by atoms with van der Waals surface area (Å²) in [5.74, 6) is -1.50. The van der Waals surface area contributed by atoms with Crippen LogP contribution in [0.2, 0.25) is 0 Å². The van der Waals surface area contributed by atoms with E-state index < -0.39 is 46.6 Å². The third-order valence-corrected chi connectivity index (χ3v) is 7.82. The van der Waals surface area contributed by atoms with Gasteiger partial charge in [0.15, 0.2) is 0 Å². The Morgan fingerprint density at radius 3 is 2.22 bits per heavy atom. The van der Waals surface area contributed by atoms with Crippen molar-refractivity contribution >= 4 is 33.6 Å². The van der Waals surface area contributed by atoms with Gasteiger partial charge in [-0.05, 0) is 62.7 Å². The first kappa shape index (κ1) is 27.0. The average molecular weight is 525 g/mol. The molecule has 1 aliphatic rings. The molecule has 10 nitrogen and oxygen atoms in total. The predicted octanol–water partition coefficient (Wildman–Crippen LogP) is 2.72. The molecule has 1 aliphatic heterocycles. The van der Waals surface area contributed by atoms with Crippen LogP contribution in [0.3, 0.4) is 0 Å². The van der Waals surface area contributed by atoms with Gasteiger partial charge in [0.05, 0.1) is 4.90 Å². The molecule has 0 radical (unpaired) electrons. The number of carbonyl (C=O) groups is 3. The van der Waals surface area contributed by atoms with Gasteiger partial charge in [-0.15, -0.1) is 0 Å². The molecule has 0 aliphatic carbocycles. The fourth-order valence-electron chi connectivity index (χ4n) is 3.50. The first-order valence-electron chi connectivity index (χ1n) is 10.8. The minimum absolute atomic E-state index is 0.0477. The minimum atomic E-state index is -3.69. The molecule has 4 amide bonds. The van der Waals surface area contributed by atoms with Gasteiger partial charge in [0.1, 0.15) is 17.8 Å². The van der Waals surface area contributed by atoms with Crippen LogP contribution in [0, 0.1) is 0 Å². The van der Waals surface area contributed by atoms with E-state index in [1.807, 2.05) is 0 Å². The van der Waals surface area contributed by atoms with E-state index in [0.717, 1.165) is 4.90 Å². The van der Waals surface area contributed by atoms with Crippen molar-refractivity contribution in [2.24, 2.45) is 0 Å². The highest BCUT2D eigenvalue weighted by Crippen LogP contribution is 2.30. The Labute approximate surface area is 207 Å². The van der Waals surface area contributed by atoms with E-state index in [1.54, 1.807) is 13.8 Å². The van der Waals surface area contributed by atoms with Gasteiger partial charge in [0.25, 0.3) is 5.91 Å². The average Bonchev–Trinajstić information content (AvgIpc) is 3.02. The lowest BCUT2D eigenvalue weighted by atomic mass is 9.92. The first-order chi connectivity index (χ1) is 16.8. The molecule has 1 saturated heterocycles. The summed E-state index contributed by atoms with van der Waals surface area (Å²) in [6, 6.07) is 9.66. The van der Waals surface area contributed by atoms with Crippen LogP contribution in [0.15, 0.2) is 53.4 Å². The lowest BCUT2D eigenvalue weighted by molar-refractivity contribution is -0.133. The number of nitrogens with one attached hydrogen (secondary N) is 2. The summed E-state index contributed by atoms with van der Waals surface area (Å²) in [5, 5.41) is 5.04. The molecule has 36 heavy (non-hydrogen) atoms. The van der Waals surface area contributed by atoms with Crippen LogP contribution in [0.4, 0.5) is 19.3 Å². The second-order valence-electron chi connectivity index (χ2n) is 8.54. The van der Waals surface area contributed by atoms with Crippen molar-refractivity contribution in [2.75, 3.05) is 18.9 Å². The fraction of sp³-hybridized carbons (Fsp3) is 0.348. The monoisotopic (exact) mass is 524 g/mol. The lowest BCUT2D eigenvalue weighted by Crippen LogP contribution is -2.42. The number of benzene rings is 2. The maximum absolute atomic E-state index is 13.0. The fourth-order valence-corrected chi connectivity index (χ4v) is 4.87. The Kier molecular flexibility index (Phi) is 7.65. The van der Waals surface area contributed by atoms with Crippen molar-refractivity contribution in [3.63, 3.8) is 0 Å². The number of hydrogen-bond acceptors (Lipinski definition) is 6. The number of sulfonamides is 1. The normalized spacial score (nSPS) is 18.2. The molecule has 2 aromatic rings.